The fraction of sp³-hybridized carbons (Fsp3) is 0.308. The maximum Gasteiger partial charge on any atom is 0.272 e. The van der Waals surface area contributed by atoms with E-state index < -0.39 is 11.0 Å². The molecule has 5 nitrogen and oxygen atoms in total. The number of hydrogen-bond donors (Lipinski definition) is 1. The molecule has 1 N–H and O–H groups in total. The first-order valence-electron chi connectivity index (χ1n) is 5.83. The number of thiazole rings is 1. The Morgan fingerprint density at radius 2 is 2.11 bits per heavy atom. The molecule has 19 heavy (non-hydrogen) atoms. The molecule has 1 heterocycles. The van der Waals surface area contributed by atoms with Gasteiger partial charge in [0.05, 0.1) is 26.6 Å². The van der Waals surface area contributed by atoms with E-state index in [-0.39, 0.29) is 12.1 Å². The summed E-state index contributed by atoms with van der Waals surface area (Å²) in [5, 5.41) is 22.0. The first-order valence-corrected chi connectivity index (χ1v) is 6.65. The standard InChI is InChI=1S/C13H14N2O3S/c1-8-13(19-9(2)14-8)12(16)7-10-5-3-4-6-11(10)15(17)18/h3-6,12,16H,7H2,1-2H3. The highest BCUT2D eigenvalue weighted by Gasteiger charge is 2.20. The van der Waals surface area contributed by atoms with Crippen LogP contribution in [0.25, 0.3) is 0 Å². The van der Waals surface area contributed by atoms with Gasteiger partial charge in [-0.05, 0) is 13.8 Å². The first-order chi connectivity index (χ1) is 8.99. The minimum absolute atomic E-state index is 0.0421. The van der Waals surface area contributed by atoms with Crippen LogP contribution in [0.2, 0.25) is 0 Å². The molecule has 1 unspecified atom stereocenters. The second-order valence-electron chi connectivity index (χ2n) is 4.29. The number of nitro benzene ring substituents is 1. The summed E-state index contributed by atoms with van der Waals surface area (Å²) in [6.07, 6.45) is -0.535. The van der Waals surface area contributed by atoms with Crippen LogP contribution in [0, 0.1) is 24.0 Å². The van der Waals surface area contributed by atoms with Gasteiger partial charge in [-0.15, -0.1) is 11.3 Å². The van der Waals surface area contributed by atoms with Crippen molar-refractivity contribution < 1.29 is 10.0 Å². The molecule has 0 radical (unpaired) electrons. The number of nitro groups is 1. The quantitative estimate of drug-likeness (QED) is 0.689. The fourth-order valence-corrected chi connectivity index (χ4v) is 2.93. The molecule has 1 aromatic heterocycles. The topological polar surface area (TPSA) is 76.3 Å². The van der Waals surface area contributed by atoms with Crippen LogP contribution in [0.15, 0.2) is 24.3 Å². The highest BCUT2D eigenvalue weighted by atomic mass is 32.1. The molecule has 0 fully saturated rings. The zero-order chi connectivity index (χ0) is 14.0. The Kier molecular flexibility index (Phi) is 3.92. The number of para-hydroxylation sites is 1. The lowest BCUT2D eigenvalue weighted by Gasteiger charge is -2.09. The Morgan fingerprint density at radius 1 is 1.42 bits per heavy atom. The number of aliphatic hydroxyl groups is 1. The summed E-state index contributed by atoms with van der Waals surface area (Å²) in [7, 11) is 0. The van der Waals surface area contributed by atoms with Crippen molar-refractivity contribution in [1.29, 1.82) is 0 Å². The Balaban J connectivity index is 2.26. The van der Waals surface area contributed by atoms with Gasteiger partial charge in [0.1, 0.15) is 0 Å². The Bertz CT molecular complexity index is 610. The molecule has 0 aliphatic heterocycles. The van der Waals surface area contributed by atoms with Crippen LogP contribution >= 0.6 is 11.3 Å². The number of nitrogens with zero attached hydrogens (tertiary/aromatic N) is 2. The summed E-state index contributed by atoms with van der Waals surface area (Å²) in [6, 6.07) is 6.48. The van der Waals surface area contributed by atoms with E-state index in [1.165, 1.54) is 17.4 Å². The third-order valence-corrected chi connectivity index (χ3v) is 4.02. The van der Waals surface area contributed by atoms with E-state index in [9.17, 15) is 15.2 Å². The summed E-state index contributed by atoms with van der Waals surface area (Å²) >= 11 is 1.42. The van der Waals surface area contributed by atoms with E-state index in [0.29, 0.717) is 5.56 Å². The van der Waals surface area contributed by atoms with Crippen LogP contribution in [-0.4, -0.2) is 15.0 Å². The predicted octanol–water partition coefficient (Wildman–Crippen LogP) is 2.94. The van der Waals surface area contributed by atoms with Crippen molar-refractivity contribution in [2.45, 2.75) is 26.4 Å². The molecule has 1 aromatic carbocycles. The van der Waals surface area contributed by atoms with Crippen LogP contribution < -0.4 is 0 Å². The van der Waals surface area contributed by atoms with Gasteiger partial charge < -0.3 is 5.11 Å². The average Bonchev–Trinajstić information content (AvgIpc) is 2.69. The SMILES string of the molecule is Cc1nc(C)c(C(O)Cc2ccccc2[N+](=O)[O-])s1. The van der Waals surface area contributed by atoms with Crippen molar-refractivity contribution >= 4 is 17.0 Å². The van der Waals surface area contributed by atoms with Crippen LogP contribution in [0.5, 0.6) is 0 Å². The van der Waals surface area contributed by atoms with Crippen molar-refractivity contribution in [1.82, 2.24) is 4.98 Å². The van der Waals surface area contributed by atoms with E-state index in [1.54, 1.807) is 18.2 Å². The minimum atomic E-state index is -0.757. The molecule has 100 valence electrons. The van der Waals surface area contributed by atoms with Crippen LogP contribution in [0.4, 0.5) is 5.69 Å². The molecule has 0 aliphatic rings. The van der Waals surface area contributed by atoms with E-state index in [1.807, 2.05) is 13.8 Å². The first kappa shape index (κ1) is 13.6. The molecule has 0 amide bonds. The number of rotatable bonds is 4. The lowest BCUT2D eigenvalue weighted by atomic mass is 10.0. The summed E-state index contributed by atoms with van der Waals surface area (Å²) in [4.78, 5) is 15.5. The number of benzene rings is 1. The molecule has 6 heteroatoms. The molecule has 0 saturated heterocycles. The van der Waals surface area contributed by atoms with E-state index in [4.69, 9.17) is 0 Å². The molecule has 0 aliphatic carbocycles. The molecule has 0 spiro atoms. The molecular formula is C13H14N2O3S. The van der Waals surface area contributed by atoms with Gasteiger partial charge in [-0.1, -0.05) is 18.2 Å². The van der Waals surface area contributed by atoms with Gasteiger partial charge in [0.15, 0.2) is 0 Å². The van der Waals surface area contributed by atoms with Gasteiger partial charge in [-0.25, -0.2) is 4.98 Å². The fourth-order valence-electron chi connectivity index (χ4n) is 2.02. The normalized spacial score (nSPS) is 12.4. The van der Waals surface area contributed by atoms with E-state index in [2.05, 4.69) is 4.98 Å². The van der Waals surface area contributed by atoms with Gasteiger partial charge in [0.25, 0.3) is 5.69 Å². The van der Waals surface area contributed by atoms with Gasteiger partial charge in [0.2, 0.25) is 0 Å². The number of aliphatic hydroxyl groups excluding tert-OH is 1. The lowest BCUT2D eigenvalue weighted by Crippen LogP contribution is -2.04. The van der Waals surface area contributed by atoms with Gasteiger partial charge in [-0.3, -0.25) is 10.1 Å². The number of aromatic nitrogens is 1. The van der Waals surface area contributed by atoms with Crippen molar-refractivity contribution in [2.75, 3.05) is 0 Å². The maximum atomic E-state index is 10.9. The summed E-state index contributed by atoms with van der Waals surface area (Å²) < 4.78 is 0. The Hall–Kier alpha value is -1.79. The monoisotopic (exact) mass is 278 g/mol. The van der Waals surface area contributed by atoms with E-state index in [0.717, 1.165) is 15.6 Å². The lowest BCUT2D eigenvalue weighted by molar-refractivity contribution is -0.385. The molecule has 2 aromatic rings. The van der Waals surface area contributed by atoms with Gasteiger partial charge in [-0.2, -0.15) is 0 Å². The van der Waals surface area contributed by atoms with Crippen LogP contribution in [-0.2, 0) is 6.42 Å². The minimum Gasteiger partial charge on any atom is -0.387 e. The van der Waals surface area contributed by atoms with E-state index >= 15 is 0 Å². The number of aryl methyl sites for hydroxylation is 2. The summed E-state index contributed by atoms with van der Waals surface area (Å²) in [6.45, 7) is 3.71. The second-order valence-corrected chi connectivity index (χ2v) is 5.52. The molecule has 2 rings (SSSR count). The predicted molar refractivity (Wildman–Crippen MR) is 73.3 cm³/mol. The summed E-state index contributed by atoms with van der Waals surface area (Å²) in [5.41, 5.74) is 1.36. The third-order valence-electron chi connectivity index (χ3n) is 2.84. The smallest absolute Gasteiger partial charge is 0.272 e. The molecule has 1 atom stereocenters. The molecular weight excluding hydrogens is 264 g/mol. The van der Waals surface area contributed by atoms with Crippen molar-refractivity contribution in [3.05, 3.63) is 55.5 Å². The zero-order valence-electron chi connectivity index (χ0n) is 10.7. The summed E-state index contributed by atoms with van der Waals surface area (Å²) in [5.74, 6) is 0. The molecule has 0 bridgehead atoms. The largest absolute Gasteiger partial charge is 0.387 e. The average molecular weight is 278 g/mol. The van der Waals surface area contributed by atoms with Crippen LogP contribution in [0.1, 0.15) is 27.2 Å². The highest BCUT2D eigenvalue weighted by Crippen LogP contribution is 2.29. The van der Waals surface area contributed by atoms with Gasteiger partial charge >= 0.3 is 0 Å². The van der Waals surface area contributed by atoms with Crippen LogP contribution in [0.3, 0.4) is 0 Å². The Morgan fingerprint density at radius 3 is 2.68 bits per heavy atom. The highest BCUT2D eigenvalue weighted by molar-refractivity contribution is 7.11. The zero-order valence-corrected chi connectivity index (χ0v) is 11.5. The number of hydrogen-bond acceptors (Lipinski definition) is 5. The maximum absolute atomic E-state index is 10.9. The van der Waals surface area contributed by atoms with Crippen molar-refractivity contribution in [3.63, 3.8) is 0 Å². The Labute approximate surface area is 114 Å². The third kappa shape index (κ3) is 2.97. The second kappa shape index (κ2) is 5.46. The van der Waals surface area contributed by atoms with Crippen molar-refractivity contribution in [2.24, 2.45) is 0 Å². The van der Waals surface area contributed by atoms with Crippen molar-refractivity contribution in [3.8, 4) is 0 Å². The molecule has 0 saturated carbocycles. The van der Waals surface area contributed by atoms with Gasteiger partial charge in [0, 0.05) is 18.1 Å².